The third kappa shape index (κ3) is 2.48. The van der Waals surface area contributed by atoms with Crippen molar-refractivity contribution in [2.75, 3.05) is 33.2 Å². The molecule has 0 saturated carbocycles. The van der Waals surface area contributed by atoms with Crippen LogP contribution in [0, 0.1) is 0 Å². The normalized spacial score (nSPS) is 23.5. The van der Waals surface area contributed by atoms with Crippen molar-refractivity contribution in [1.82, 2.24) is 15.2 Å². The molecule has 0 bridgehead atoms. The molecule has 1 unspecified atom stereocenters. The second kappa shape index (κ2) is 4.92. The Labute approximate surface area is 91.6 Å². The Balaban J connectivity index is 2.69. The molecule has 1 atom stereocenters. The molecule has 1 aliphatic rings. The first kappa shape index (κ1) is 12.4. The van der Waals surface area contributed by atoms with E-state index >= 15 is 0 Å². The Bertz CT molecular complexity index is 225. The van der Waals surface area contributed by atoms with Crippen molar-refractivity contribution in [3.8, 4) is 0 Å². The van der Waals surface area contributed by atoms with Crippen LogP contribution in [0.3, 0.4) is 0 Å². The van der Waals surface area contributed by atoms with Crippen molar-refractivity contribution < 1.29 is 4.79 Å². The topological polar surface area (TPSA) is 61.6 Å². The van der Waals surface area contributed by atoms with Crippen LogP contribution in [0.4, 0.5) is 0 Å². The Hall–Kier alpha value is -0.650. The summed E-state index contributed by atoms with van der Waals surface area (Å²) in [5.74, 6) is 5.14. The fourth-order valence-corrected chi connectivity index (χ4v) is 1.98. The first-order chi connectivity index (χ1) is 7.04. The number of hydrogen-bond acceptors (Lipinski definition) is 4. The monoisotopic (exact) mass is 214 g/mol. The molecule has 0 radical (unpaired) electrons. The molecular formula is C10H22N4O. The second-order valence-electron chi connectivity index (χ2n) is 4.39. The second-order valence-corrected chi connectivity index (χ2v) is 4.39. The lowest BCUT2D eigenvalue weighted by atomic mass is 9.94. The van der Waals surface area contributed by atoms with Crippen molar-refractivity contribution in [2.45, 2.75) is 25.8 Å². The summed E-state index contributed by atoms with van der Waals surface area (Å²) in [5.41, 5.74) is 1.81. The molecule has 0 aromatic heterocycles. The van der Waals surface area contributed by atoms with E-state index in [9.17, 15) is 4.79 Å². The average Bonchev–Trinajstić information content (AvgIpc) is 2.27. The maximum Gasteiger partial charge on any atom is 0.254 e. The summed E-state index contributed by atoms with van der Waals surface area (Å²) in [5, 5.41) is 0. The van der Waals surface area contributed by atoms with Gasteiger partial charge < -0.3 is 4.90 Å². The summed E-state index contributed by atoms with van der Waals surface area (Å²) in [6, 6.07) is 0. The van der Waals surface area contributed by atoms with Gasteiger partial charge >= 0.3 is 0 Å². The van der Waals surface area contributed by atoms with E-state index in [1.165, 1.54) is 0 Å². The summed E-state index contributed by atoms with van der Waals surface area (Å²) in [7, 11) is 2.10. The minimum absolute atomic E-state index is 0.0884. The van der Waals surface area contributed by atoms with Crippen molar-refractivity contribution in [1.29, 1.82) is 0 Å². The highest BCUT2D eigenvalue weighted by Gasteiger charge is 2.38. The molecule has 3 N–H and O–H groups in total. The molecule has 5 heteroatoms. The number of amides is 1. The van der Waals surface area contributed by atoms with Gasteiger partial charge in [0.2, 0.25) is 0 Å². The van der Waals surface area contributed by atoms with Gasteiger partial charge in [0, 0.05) is 26.2 Å². The van der Waals surface area contributed by atoms with E-state index in [1.807, 2.05) is 13.8 Å². The van der Waals surface area contributed by atoms with Gasteiger partial charge in [-0.25, -0.2) is 5.84 Å². The van der Waals surface area contributed by atoms with Gasteiger partial charge in [-0.3, -0.25) is 15.1 Å². The van der Waals surface area contributed by atoms with Gasteiger partial charge in [0.1, 0.15) is 0 Å². The van der Waals surface area contributed by atoms with Crippen LogP contribution < -0.4 is 11.3 Å². The lowest BCUT2D eigenvalue weighted by Gasteiger charge is -2.43. The maximum atomic E-state index is 11.8. The first-order valence-corrected chi connectivity index (χ1v) is 5.49. The van der Waals surface area contributed by atoms with Crippen molar-refractivity contribution >= 4 is 5.91 Å². The third-order valence-electron chi connectivity index (χ3n) is 3.51. The molecule has 0 aliphatic carbocycles. The molecule has 1 fully saturated rings. The highest BCUT2D eigenvalue weighted by atomic mass is 16.2. The number of nitrogens with one attached hydrogen (secondary N) is 1. The number of rotatable bonds is 3. The van der Waals surface area contributed by atoms with Crippen molar-refractivity contribution in [3.63, 3.8) is 0 Å². The number of hydrogen-bond donors (Lipinski definition) is 2. The first-order valence-electron chi connectivity index (χ1n) is 5.49. The van der Waals surface area contributed by atoms with E-state index in [0.29, 0.717) is 0 Å². The Morgan fingerprint density at radius 3 is 2.33 bits per heavy atom. The standard InChI is InChI=1S/C10H22N4O/c1-4-10(2,9(15)12-11)14-7-5-13(3)6-8-14/h4-8,11H2,1-3H3,(H,12,15). The molecule has 0 aromatic carbocycles. The zero-order chi connectivity index (χ0) is 11.5. The van der Waals surface area contributed by atoms with Gasteiger partial charge in [0.25, 0.3) is 5.91 Å². The number of carbonyl (C=O) groups is 1. The molecule has 1 saturated heterocycles. The Morgan fingerprint density at radius 2 is 1.93 bits per heavy atom. The zero-order valence-electron chi connectivity index (χ0n) is 9.92. The highest BCUT2D eigenvalue weighted by molar-refractivity contribution is 5.85. The molecule has 1 rings (SSSR count). The van der Waals surface area contributed by atoms with E-state index in [-0.39, 0.29) is 5.91 Å². The summed E-state index contributed by atoms with van der Waals surface area (Å²) < 4.78 is 0. The van der Waals surface area contributed by atoms with Crippen LogP contribution in [0.1, 0.15) is 20.3 Å². The summed E-state index contributed by atoms with van der Waals surface area (Å²) in [4.78, 5) is 16.2. The van der Waals surface area contributed by atoms with Crippen LogP contribution in [0.5, 0.6) is 0 Å². The SMILES string of the molecule is CCC(C)(C(=O)NN)N1CCN(C)CC1. The average molecular weight is 214 g/mol. The number of nitrogens with two attached hydrogens (primary N) is 1. The molecule has 1 heterocycles. The fraction of sp³-hybridized carbons (Fsp3) is 0.900. The van der Waals surface area contributed by atoms with E-state index < -0.39 is 5.54 Å². The van der Waals surface area contributed by atoms with Crippen LogP contribution >= 0.6 is 0 Å². The zero-order valence-corrected chi connectivity index (χ0v) is 9.92. The van der Waals surface area contributed by atoms with Gasteiger partial charge in [-0.2, -0.15) is 0 Å². The predicted molar refractivity (Wildman–Crippen MR) is 60.1 cm³/mol. The third-order valence-corrected chi connectivity index (χ3v) is 3.51. The molecule has 1 aliphatic heterocycles. The van der Waals surface area contributed by atoms with E-state index in [2.05, 4.69) is 22.3 Å². The van der Waals surface area contributed by atoms with Gasteiger partial charge in [0.15, 0.2) is 0 Å². The lowest BCUT2D eigenvalue weighted by molar-refractivity contribution is -0.134. The molecule has 5 nitrogen and oxygen atoms in total. The molecule has 0 aromatic rings. The summed E-state index contributed by atoms with van der Waals surface area (Å²) in [6.45, 7) is 7.84. The van der Waals surface area contributed by atoms with Gasteiger partial charge in [-0.15, -0.1) is 0 Å². The predicted octanol–water partition coefficient (Wildman–Crippen LogP) is -0.608. The number of nitrogens with zero attached hydrogens (tertiary/aromatic N) is 2. The number of piperazine rings is 1. The van der Waals surface area contributed by atoms with Gasteiger partial charge in [-0.1, -0.05) is 6.92 Å². The molecule has 1 amide bonds. The fourth-order valence-electron chi connectivity index (χ4n) is 1.98. The highest BCUT2D eigenvalue weighted by Crippen LogP contribution is 2.20. The van der Waals surface area contributed by atoms with E-state index in [4.69, 9.17) is 5.84 Å². The quantitative estimate of drug-likeness (QED) is 0.374. The van der Waals surface area contributed by atoms with Crippen LogP contribution in [0.2, 0.25) is 0 Å². The smallest absolute Gasteiger partial charge is 0.254 e. The number of carbonyl (C=O) groups excluding carboxylic acids is 1. The number of hydrazine groups is 1. The minimum Gasteiger partial charge on any atom is -0.304 e. The van der Waals surface area contributed by atoms with Crippen LogP contribution in [0.15, 0.2) is 0 Å². The summed E-state index contributed by atoms with van der Waals surface area (Å²) >= 11 is 0. The van der Waals surface area contributed by atoms with E-state index in [1.54, 1.807) is 0 Å². The summed E-state index contributed by atoms with van der Waals surface area (Å²) in [6.07, 6.45) is 0.778. The minimum atomic E-state index is -0.462. The van der Waals surface area contributed by atoms with Gasteiger partial charge in [0.05, 0.1) is 5.54 Å². The van der Waals surface area contributed by atoms with Crippen molar-refractivity contribution in [3.05, 3.63) is 0 Å². The molecular weight excluding hydrogens is 192 g/mol. The van der Waals surface area contributed by atoms with Crippen LogP contribution in [0.25, 0.3) is 0 Å². The van der Waals surface area contributed by atoms with E-state index in [0.717, 1.165) is 32.6 Å². The Morgan fingerprint density at radius 1 is 1.40 bits per heavy atom. The molecule has 88 valence electrons. The largest absolute Gasteiger partial charge is 0.304 e. The maximum absolute atomic E-state index is 11.8. The van der Waals surface area contributed by atoms with Crippen LogP contribution in [-0.4, -0.2) is 54.5 Å². The van der Waals surface area contributed by atoms with Crippen LogP contribution in [-0.2, 0) is 4.79 Å². The number of likely N-dealkylation sites (N-methyl/N-ethyl adjacent to an activating group) is 1. The van der Waals surface area contributed by atoms with Gasteiger partial charge in [-0.05, 0) is 20.4 Å². The molecule has 15 heavy (non-hydrogen) atoms. The lowest BCUT2D eigenvalue weighted by Crippen LogP contribution is -2.62. The van der Waals surface area contributed by atoms with Crippen molar-refractivity contribution in [2.24, 2.45) is 5.84 Å². The molecule has 0 spiro atoms. The Kier molecular flexibility index (Phi) is 4.07.